The number of rotatable bonds is 4. The SMILES string of the molecule is C=CCNC(=O)N1CCN(c2nc3cc(Cl)ccc3c3nnc(-c4ccccc4C)n23)CC1. The molecule has 1 fully saturated rings. The Morgan fingerprint density at radius 3 is 2.70 bits per heavy atom. The molecule has 8 nitrogen and oxygen atoms in total. The van der Waals surface area contributed by atoms with Gasteiger partial charge in [0.2, 0.25) is 5.95 Å². The quantitative estimate of drug-likeness (QED) is 0.466. The highest BCUT2D eigenvalue weighted by Gasteiger charge is 2.26. The number of carbonyl (C=O) groups is 1. The molecule has 9 heteroatoms. The minimum Gasteiger partial charge on any atom is -0.338 e. The van der Waals surface area contributed by atoms with E-state index in [-0.39, 0.29) is 6.03 Å². The van der Waals surface area contributed by atoms with Gasteiger partial charge in [-0.3, -0.25) is 0 Å². The fourth-order valence-electron chi connectivity index (χ4n) is 4.18. The number of piperazine rings is 1. The Kier molecular flexibility index (Phi) is 5.60. The van der Waals surface area contributed by atoms with Gasteiger partial charge >= 0.3 is 6.03 Å². The van der Waals surface area contributed by atoms with E-state index in [1.54, 1.807) is 6.08 Å². The average Bonchev–Trinajstić information content (AvgIpc) is 3.27. The van der Waals surface area contributed by atoms with Gasteiger partial charge in [-0.25, -0.2) is 14.2 Å². The molecule has 3 heterocycles. The Bertz CT molecular complexity index is 1360. The normalized spacial score (nSPS) is 14.1. The topological polar surface area (TPSA) is 78.7 Å². The number of anilines is 1. The molecular weight excluding hydrogens is 438 g/mol. The van der Waals surface area contributed by atoms with Gasteiger partial charge in [-0.2, -0.15) is 0 Å². The van der Waals surface area contributed by atoms with Crippen LogP contribution in [-0.4, -0.2) is 63.2 Å². The lowest BCUT2D eigenvalue weighted by atomic mass is 10.1. The van der Waals surface area contributed by atoms with E-state index in [0.717, 1.165) is 39.4 Å². The number of halogens is 1. The van der Waals surface area contributed by atoms with Crippen LogP contribution in [0, 0.1) is 6.92 Å². The number of urea groups is 1. The van der Waals surface area contributed by atoms with Crippen LogP contribution >= 0.6 is 11.6 Å². The third-order valence-corrected chi connectivity index (χ3v) is 6.15. The van der Waals surface area contributed by atoms with Gasteiger partial charge in [-0.05, 0) is 30.7 Å². The Balaban J connectivity index is 1.60. The van der Waals surface area contributed by atoms with Crippen molar-refractivity contribution < 1.29 is 4.79 Å². The van der Waals surface area contributed by atoms with E-state index in [2.05, 4.69) is 40.0 Å². The standard InChI is InChI=1S/C24H24ClN7O/c1-3-10-26-24(33)31-13-11-30(12-14-31)23-27-20-15-17(25)8-9-19(20)22-29-28-21(32(22)23)18-7-5-4-6-16(18)2/h3-9,15H,1,10-14H2,2H3,(H,26,33). The number of hydrogen-bond donors (Lipinski definition) is 1. The van der Waals surface area contributed by atoms with E-state index in [0.29, 0.717) is 37.7 Å². The van der Waals surface area contributed by atoms with Crippen molar-refractivity contribution in [3.63, 3.8) is 0 Å². The number of benzene rings is 2. The minimum atomic E-state index is -0.0807. The van der Waals surface area contributed by atoms with Gasteiger partial charge in [-0.1, -0.05) is 41.9 Å². The maximum absolute atomic E-state index is 12.4. The van der Waals surface area contributed by atoms with E-state index < -0.39 is 0 Å². The summed E-state index contributed by atoms with van der Waals surface area (Å²) in [7, 11) is 0. The van der Waals surface area contributed by atoms with Crippen molar-refractivity contribution in [3.8, 4) is 11.4 Å². The van der Waals surface area contributed by atoms with Gasteiger partial charge < -0.3 is 15.1 Å². The van der Waals surface area contributed by atoms with Gasteiger partial charge in [-0.15, -0.1) is 16.8 Å². The fourth-order valence-corrected chi connectivity index (χ4v) is 4.35. The number of aromatic nitrogens is 4. The zero-order chi connectivity index (χ0) is 22.9. The highest BCUT2D eigenvalue weighted by atomic mass is 35.5. The Hall–Kier alpha value is -3.65. The third kappa shape index (κ3) is 3.87. The molecular formula is C24H24ClN7O. The second kappa shape index (κ2) is 8.71. The summed E-state index contributed by atoms with van der Waals surface area (Å²) in [6.45, 7) is 8.61. The second-order valence-electron chi connectivity index (χ2n) is 8.02. The summed E-state index contributed by atoms with van der Waals surface area (Å²) in [5, 5.41) is 13.5. The first kappa shape index (κ1) is 21.2. The molecule has 168 valence electrons. The summed E-state index contributed by atoms with van der Waals surface area (Å²) in [5.41, 5.74) is 3.61. The molecule has 1 N–H and O–H groups in total. The van der Waals surface area contributed by atoms with E-state index in [4.69, 9.17) is 16.6 Å². The van der Waals surface area contributed by atoms with Crippen LogP contribution in [0.3, 0.4) is 0 Å². The molecule has 1 aliphatic heterocycles. The van der Waals surface area contributed by atoms with Crippen molar-refractivity contribution in [2.75, 3.05) is 37.6 Å². The monoisotopic (exact) mass is 461 g/mol. The maximum atomic E-state index is 12.4. The van der Waals surface area contributed by atoms with E-state index in [1.165, 1.54) is 0 Å². The zero-order valence-electron chi connectivity index (χ0n) is 18.3. The molecule has 0 aliphatic carbocycles. The van der Waals surface area contributed by atoms with Crippen LogP contribution in [0.25, 0.3) is 27.9 Å². The summed E-state index contributed by atoms with van der Waals surface area (Å²) in [6, 6.07) is 13.7. The van der Waals surface area contributed by atoms with Crippen molar-refractivity contribution in [2.24, 2.45) is 0 Å². The Labute approximate surface area is 196 Å². The molecule has 33 heavy (non-hydrogen) atoms. The van der Waals surface area contributed by atoms with Crippen LogP contribution in [0.15, 0.2) is 55.1 Å². The maximum Gasteiger partial charge on any atom is 0.317 e. The lowest BCUT2D eigenvalue weighted by Crippen LogP contribution is -2.52. The third-order valence-electron chi connectivity index (χ3n) is 5.92. The average molecular weight is 462 g/mol. The van der Waals surface area contributed by atoms with E-state index >= 15 is 0 Å². The van der Waals surface area contributed by atoms with Gasteiger partial charge in [0.05, 0.1) is 5.52 Å². The van der Waals surface area contributed by atoms with Crippen LogP contribution in [-0.2, 0) is 0 Å². The van der Waals surface area contributed by atoms with Crippen LogP contribution in [0.1, 0.15) is 5.56 Å². The highest BCUT2D eigenvalue weighted by molar-refractivity contribution is 6.31. The predicted octanol–water partition coefficient (Wildman–Crippen LogP) is 3.92. The zero-order valence-corrected chi connectivity index (χ0v) is 19.1. The number of hydrogen-bond acceptors (Lipinski definition) is 5. The molecule has 4 aromatic rings. The summed E-state index contributed by atoms with van der Waals surface area (Å²) in [5.74, 6) is 1.49. The molecule has 0 bridgehead atoms. The molecule has 1 saturated heterocycles. The van der Waals surface area contributed by atoms with Crippen LogP contribution in [0.2, 0.25) is 5.02 Å². The van der Waals surface area contributed by atoms with Crippen molar-refractivity contribution in [1.29, 1.82) is 0 Å². The van der Waals surface area contributed by atoms with Crippen LogP contribution in [0.4, 0.5) is 10.7 Å². The fraction of sp³-hybridized carbons (Fsp3) is 0.250. The number of fused-ring (bicyclic) bond motifs is 3. The molecule has 0 radical (unpaired) electrons. The van der Waals surface area contributed by atoms with Crippen molar-refractivity contribution in [2.45, 2.75) is 6.92 Å². The summed E-state index contributed by atoms with van der Waals surface area (Å²) >= 11 is 6.27. The van der Waals surface area contributed by atoms with Crippen molar-refractivity contribution >= 4 is 40.1 Å². The number of aryl methyl sites for hydroxylation is 1. The van der Waals surface area contributed by atoms with Gasteiger partial charge in [0.25, 0.3) is 0 Å². The number of nitrogens with zero attached hydrogens (tertiary/aromatic N) is 6. The minimum absolute atomic E-state index is 0.0807. The summed E-state index contributed by atoms with van der Waals surface area (Å²) in [4.78, 5) is 21.3. The predicted molar refractivity (Wildman–Crippen MR) is 131 cm³/mol. The first-order chi connectivity index (χ1) is 16.1. The molecule has 0 atom stereocenters. The van der Waals surface area contributed by atoms with Crippen molar-refractivity contribution in [3.05, 3.63) is 65.7 Å². The van der Waals surface area contributed by atoms with E-state index in [9.17, 15) is 4.79 Å². The number of nitrogens with one attached hydrogen (secondary N) is 1. The van der Waals surface area contributed by atoms with Gasteiger partial charge in [0.15, 0.2) is 11.5 Å². The molecule has 2 amide bonds. The first-order valence-corrected chi connectivity index (χ1v) is 11.2. The smallest absolute Gasteiger partial charge is 0.317 e. The largest absolute Gasteiger partial charge is 0.338 e. The lowest BCUT2D eigenvalue weighted by Gasteiger charge is -2.35. The van der Waals surface area contributed by atoms with Crippen molar-refractivity contribution in [1.82, 2.24) is 29.8 Å². The summed E-state index contributed by atoms with van der Waals surface area (Å²) < 4.78 is 2.02. The second-order valence-corrected chi connectivity index (χ2v) is 8.46. The van der Waals surface area contributed by atoms with E-state index in [1.807, 2.05) is 45.7 Å². The summed E-state index contributed by atoms with van der Waals surface area (Å²) in [6.07, 6.45) is 1.67. The molecule has 5 rings (SSSR count). The highest BCUT2D eigenvalue weighted by Crippen LogP contribution is 2.31. The molecule has 1 aliphatic rings. The van der Waals surface area contributed by atoms with Crippen LogP contribution in [0.5, 0.6) is 0 Å². The van der Waals surface area contributed by atoms with Gasteiger partial charge in [0.1, 0.15) is 0 Å². The number of carbonyl (C=O) groups excluding carboxylic acids is 1. The Morgan fingerprint density at radius 2 is 1.94 bits per heavy atom. The molecule has 0 saturated carbocycles. The molecule has 2 aromatic heterocycles. The van der Waals surface area contributed by atoms with Crippen LogP contribution < -0.4 is 10.2 Å². The molecule has 2 aromatic carbocycles. The Morgan fingerprint density at radius 1 is 1.15 bits per heavy atom. The lowest BCUT2D eigenvalue weighted by molar-refractivity contribution is 0.195. The molecule has 0 unspecified atom stereocenters. The molecule has 0 spiro atoms. The number of amides is 2. The van der Waals surface area contributed by atoms with Gasteiger partial charge in [0, 0.05) is 48.7 Å². The first-order valence-electron chi connectivity index (χ1n) is 10.9.